The Balaban J connectivity index is 2.27. The van der Waals surface area contributed by atoms with Gasteiger partial charge in [0, 0.05) is 11.0 Å². The van der Waals surface area contributed by atoms with Crippen molar-refractivity contribution >= 4 is 49.4 Å². The molecule has 0 aliphatic carbocycles. The molecule has 2 aromatic rings. The Morgan fingerprint density at radius 1 is 1.26 bits per heavy atom. The summed E-state index contributed by atoms with van der Waals surface area (Å²) in [5.41, 5.74) is 0. The van der Waals surface area contributed by atoms with Gasteiger partial charge in [0.25, 0.3) is 0 Å². The zero-order chi connectivity index (χ0) is 13.8. The molecule has 5 nitrogen and oxygen atoms in total. The Hall–Kier alpha value is -0.920. The molecule has 8 heteroatoms. The van der Waals surface area contributed by atoms with E-state index in [0.717, 1.165) is 8.95 Å². The van der Waals surface area contributed by atoms with Crippen molar-refractivity contribution in [2.24, 2.45) is 0 Å². The molecule has 0 radical (unpaired) electrons. The molecular formula is C11H9Br2ClN4O. The maximum atomic E-state index is 5.82. The lowest BCUT2D eigenvalue weighted by Gasteiger charge is -2.08. The number of ether oxygens (including phenoxy) is 1. The van der Waals surface area contributed by atoms with Crippen molar-refractivity contribution in [1.82, 2.24) is 15.0 Å². The highest BCUT2D eigenvalue weighted by Gasteiger charge is 2.09. The van der Waals surface area contributed by atoms with E-state index in [1.165, 1.54) is 0 Å². The van der Waals surface area contributed by atoms with E-state index in [2.05, 4.69) is 52.1 Å². The van der Waals surface area contributed by atoms with Crippen molar-refractivity contribution in [3.05, 3.63) is 32.4 Å². The van der Waals surface area contributed by atoms with Crippen LogP contribution in [0.25, 0.3) is 0 Å². The fourth-order valence-corrected chi connectivity index (χ4v) is 2.55. The smallest absolute Gasteiger partial charge is 0.328 e. The van der Waals surface area contributed by atoms with Gasteiger partial charge in [-0.15, -0.1) is 0 Å². The first-order valence-corrected chi connectivity index (χ1v) is 7.33. The molecule has 0 aliphatic rings. The third kappa shape index (κ3) is 4.02. The summed E-state index contributed by atoms with van der Waals surface area (Å²) in [6, 6.07) is 5.65. The molecule has 0 saturated carbocycles. The van der Waals surface area contributed by atoms with E-state index in [9.17, 15) is 0 Å². The number of nitrogens with zero attached hydrogens (tertiary/aromatic N) is 3. The number of nitrogens with one attached hydrogen (secondary N) is 1. The molecule has 0 saturated heterocycles. The van der Waals surface area contributed by atoms with E-state index >= 15 is 0 Å². The third-order valence-electron chi connectivity index (χ3n) is 2.02. The SMILES string of the molecule is CCNc1nc(Cl)nc(Oc2ccc(Br)cc2Br)n1. The highest BCUT2D eigenvalue weighted by Crippen LogP contribution is 2.31. The van der Waals surface area contributed by atoms with Crippen LogP contribution in [0.5, 0.6) is 11.8 Å². The van der Waals surface area contributed by atoms with Crippen LogP contribution < -0.4 is 10.1 Å². The highest BCUT2D eigenvalue weighted by molar-refractivity contribution is 9.11. The number of hydrogen-bond donors (Lipinski definition) is 1. The molecule has 2 rings (SSSR count). The van der Waals surface area contributed by atoms with Crippen LogP contribution in [0.4, 0.5) is 5.95 Å². The Morgan fingerprint density at radius 2 is 2.05 bits per heavy atom. The summed E-state index contributed by atoms with van der Waals surface area (Å²) in [6.07, 6.45) is 0. The molecule has 1 heterocycles. The lowest BCUT2D eigenvalue weighted by Crippen LogP contribution is -2.04. The fraction of sp³-hybridized carbons (Fsp3) is 0.182. The minimum Gasteiger partial charge on any atom is -0.423 e. The summed E-state index contributed by atoms with van der Waals surface area (Å²) >= 11 is 12.6. The second kappa shape index (κ2) is 6.49. The molecular weight excluding hydrogens is 399 g/mol. The molecule has 0 spiro atoms. The van der Waals surface area contributed by atoms with E-state index in [-0.39, 0.29) is 11.3 Å². The van der Waals surface area contributed by atoms with Crippen LogP contribution in [-0.4, -0.2) is 21.5 Å². The van der Waals surface area contributed by atoms with Crippen molar-refractivity contribution in [2.75, 3.05) is 11.9 Å². The zero-order valence-corrected chi connectivity index (χ0v) is 13.8. The fourth-order valence-electron chi connectivity index (χ4n) is 1.27. The van der Waals surface area contributed by atoms with Gasteiger partial charge in [-0.2, -0.15) is 15.0 Å². The molecule has 0 unspecified atom stereocenters. The number of anilines is 1. The average molecular weight is 408 g/mol. The quantitative estimate of drug-likeness (QED) is 0.819. The van der Waals surface area contributed by atoms with Crippen LogP contribution in [0.2, 0.25) is 5.28 Å². The van der Waals surface area contributed by atoms with E-state index in [4.69, 9.17) is 16.3 Å². The lowest BCUT2D eigenvalue weighted by molar-refractivity contribution is 0.438. The van der Waals surface area contributed by atoms with Crippen molar-refractivity contribution in [3.8, 4) is 11.8 Å². The van der Waals surface area contributed by atoms with E-state index in [1.54, 1.807) is 6.07 Å². The lowest BCUT2D eigenvalue weighted by atomic mass is 10.3. The maximum absolute atomic E-state index is 5.82. The van der Waals surface area contributed by atoms with Crippen LogP contribution >= 0.6 is 43.5 Å². The highest BCUT2D eigenvalue weighted by atomic mass is 79.9. The van der Waals surface area contributed by atoms with Gasteiger partial charge in [0.15, 0.2) is 0 Å². The van der Waals surface area contributed by atoms with Crippen LogP contribution in [0.15, 0.2) is 27.1 Å². The average Bonchev–Trinajstić information content (AvgIpc) is 2.32. The summed E-state index contributed by atoms with van der Waals surface area (Å²) in [5.74, 6) is 0.971. The van der Waals surface area contributed by atoms with Crippen molar-refractivity contribution in [1.29, 1.82) is 0 Å². The molecule has 1 N–H and O–H groups in total. The second-order valence-electron chi connectivity index (χ2n) is 3.42. The van der Waals surface area contributed by atoms with Gasteiger partial charge in [0.2, 0.25) is 11.2 Å². The Bertz CT molecular complexity index is 597. The summed E-state index contributed by atoms with van der Waals surface area (Å²) in [7, 11) is 0. The number of aromatic nitrogens is 3. The van der Waals surface area contributed by atoms with Gasteiger partial charge in [-0.1, -0.05) is 15.9 Å². The third-order valence-corrected chi connectivity index (χ3v) is 3.30. The zero-order valence-electron chi connectivity index (χ0n) is 9.82. The largest absolute Gasteiger partial charge is 0.423 e. The maximum Gasteiger partial charge on any atom is 0.328 e. The monoisotopic (exact) mass is 406 g/mol. The molecule has 19 heavy (non-hydrogen) atoms. The number of hydrogen-bond acceptors (Lipinski definition) is 5. The molecule has 100 valence electrons. The molecule has 0 fully saturated rings. The van der Waals surface area contributed by atoms with Gasteiger partial charge in [-0.05, 0) is 52.7 Å². The first-order valence-electron chi connectivity index (χ1n) is 5.37. The van der Waals surface area contributed by atoms with Gasteiger partial charge in [-0.25, -0.2) is 0 Å². The summed E-state index contributed by atoms with van der Waals surface area (Å²) in [4.78, 5) is 12.0. The summed E-state index contributed by atoms with van der Waals surface area (Å²) in [5, 5.41) is 3.03. The van der Waals surface area contributed by atoms with Crippen LogP contribution in [-0.2, 0) is 0 Å². The Kier molecular flexibility index (Phi) is 4.95. The molecule has 0 atom stereocenters. The molecule has 1 aromatic carbocycles. The van der Waals surface area contributed by atoms with Crippen molar-refractivity contribution < 1.29 is 4.74 Å². The summed E-state index contributed by atoms with van der Waals surface area (Å²) in [6.45, 7) is 2.62. The van der Waals surface area contributed by atoms with Crippen LogP contribution in [0, 0.1) is 0 Å². The molecule has 1 aromatic heterocycles. The first-order chi connectivity index (χ1) is 9.08. The minimum absolute atomic E-state index is 0.0779. The Labute approximate surface area is 132 Å². The summed E-state index contributed by atoms with van der Waals surface area (Å²) < 4.78 is 7.30. The van der Waals surface area contributed by atoms with Gasteiger partial charge in [-0.3, -0.25) is 0 Å². The molecule has 0 bridgehead atoms. The van der Waals surface area contributed by atoms with Crippen molar-refractivity contribution in [3.63, 3.8) is 0 Å². The Morgan fingerprint density at radius 3 is 2.74 bits per heavy atom. The number of rotatable bonds is 4. The predicted octanol–water partition coefficient (Wildman–Crippen LogP) is 4.27. The normalized spacial score (nSPS) is 10.3. The van der Waals surface area contributed by atoms with E-state index < -0.39 is 0 Å². The second-order valence-corrected chi connectivity index (χ2v) is 5.53. The van der Waals surface area contributed by atoms with E-state index in [1.807, 2.05) is 19.1 Å². The minimum atomic E-state index is 0.0779. The topological polar surface area (TPSA) is 59.9 Å². The van der Waals surface area contributed by atoms with Gasteiger partial charge < -0.3 is 10.1 Å². The van der Waals surface area contributed by atoms with Crippen LogP contribution in [0.1, 0.15) is 6.92 Å². The van der Waals surface area contributed by atoms with Crippen molar-refractivity contribution in [2.45, 2.75) is 6.92 Å². The predicted molar refractivity (Wildman–Crippen MR) is 80.9 cm³/mol. The number of benzene rings is 1. The van der Waals surface area contributed by atoms with Gasteiger partial charge in [0.05, 0.1) is 4.47 Å². The standard InChI is InChI=1S/C11H9Br2ClN4O/c1-2-15-10-16-9(14)17-11(18-10)19-8-4-3-6(12)5-7(8)13/h3-5H,2H2,1H3,(H,15,16,17,18). The molecule has 0 amide bonds. The first kappa shape index (κ1) is 14.5. The van der Waals surface area contributed by atoms with Gasteiger partial charge >= 0.3 is 6.01 Å². The molecule has 0 aliphatic heterocycles. The van der Waals surface area contributed by atoms with E-state index in [0.29, 0.717) is 18.2 Å². The number of halogens is 3. The van der Waals surface area contributed by atoms with Gasteiger partial charge in [0.1, 0.15) is 5.75 Å². The van der Waals surface area contributed by atoms with Crippen LogP contribution in [0.3, 0.4) is 0 Å².